The lowest BCUT2D eigenvalue weighted by atomic mass is 10.0. The molecule has 126 valence electrons. The molecule has 3 rings (SSSR count). The van der Waals surface area contributed by atoms with Crippen molar-refractivity contribution in [2.24, 2.45) is 0 Å². The number of ketones is 1. The third kappa shape index (κ3) is 3.86. The Morgan fingerprint density at radius 1 is 0.720 bits per heavy atom. The van der Waals surface area contributed by atoms with Crippen LogP contribution in [-0.2, 0) is 16.3 Å². The van der Waals surface area contributed by atoms with Gasteiger partial charge in [0.2, 0.25) is 0 Å². The summed E-state index contributed by atoms with van der Waals surface area (Å²) in [5.74, 6) is -0.381. The van der Waals surface area contributed by atoms with E-state index in [0.717, 1.165) is 5.56 Å². The zero-order chi connectivity index (χ0) is 17.7. The van der Waals surface area contributed by atoms with Crippen LogP contribution in [0, 0.1) is 0 Å². The third-order valence-corrected chi connectivity index (χ3v) is 6.12. The molecular formula is C21H18O3S. The molecule has 3 nitrogen and oxygen atoms in total. The number of benzene rings is 3. The highest BCUT2D eigenvalue weighted by Crippen LogP contribution is 2.23. The normalized spacial score (nSPS) is 12.5. The van der Waals surface area contributed by atoms with Gasteiger partial charge in [0.15, 0.2) is 15.6 Å². The van der Waals surface area contributed by atoms with Crippen molar-refractivity contribution >= 4 is 15.6 Å². The lowest BCUT2D eigenvalue weighted by Gasteiger charge is -2.17. The van der Waals surface area contributed by atoms with Crippen molar-refractivity contribution in [3.63, 3.8) is 0 Å². The molecule has 0 saturated carbocycles. The van der Waals surface area contributed by atoms with Crippen LogP contribution in [0.15, 0.2) is 95.9 Å². The minimum absolute atomic E-state index is 0.145. The summed E-state index contributed by atoms with van der Waals surface area (Å²) in [5.41, 5.74) is 1.22. The number of hydrogen-bond donors (Lipinski definition) is 0. The van der Waals surface area contributed by atoms with Gasteiger partial charge in [-0.15, -0.1) is 0 Å². The zero-order valence-corrected chi connectivity index (χ0v) is 14.4. The van der Waals surface area contributed by atoms with Crippen LogP contribution in [0.5, 0.6) is 0 Å². The molecule has 0 aliphatic carbocycles. The first-order valence-corrected chi connectivity index (χ1v) is 9.56. The Morgan fingerprint density at radius 2 is 1.20 bits per heavy atom. The summed E-state index contributed by atoms with van der Waals surface area (Å²) in [6.45, 7) is 0. The van der Waals surface area contributed by atoms with Crippen molar-refractivity contribution in [3.8, 4) is 0 Å². The first-order valence-electron chi connectivity index (χ1n) is 8.01. The SMILES string of the molecule is O=C(c1ccccc1)C(Cc1ccccc1)S(=O)(=O)c1ccccc1. The van der Waals surface area contributed by atoms with Gasteiger partial charge in [-0.3, -0.25) is 4.79 Å². The van der Waals surface area contributed by atoms with Crippen molar-refractivity contribution in [1.29, 1.82) is 0 Å². The Labute approximate surface area is 147 Å². The molecule has 0 spiro atoms. The van der Waals surface area contributed by atoms with E-state index in [1.54, 1.807) is 48.5 Å². The highest BCUT2D eigenvalue weighted by molar-refractivity contribution is 7.92. The molecule has 0 aliphatic rings. The van der Waals surface area contributed by atoms with Crippen molar-refractivity contribution in [2.75, 3.05) is 0 Å². The van der Waals surface area contributed by atoms with Crippen molar-refractivity contribution in [1.82, 2.24) is 0 Å². The van der Waals surface area contributed by atoms with Crippen molar-refractivity contribution in [2.45, 2.75) is 16.6 Å². The molecule has 1 unspecified atom stereocenters. The van der Waals surface area contributed by atoms with Crippen LogP contribution in [0.4, 0.5) is 0 Å². The summed E-state index contributed by atoms with van der Waals surface area (Å²) in [4.78, 5) is 13.2. The molecule has 3 aromatic carbocycles. The van der Waals surface area contributed by atoms with Crippen LogP contribution < -0.4 is 0 Å². The lowest BCUT2D eigenvalue weighted by molar-refractivity contribution is 0.0986. The Morgan fingerprint density at radius 3 is 1.76 bits per heavy atom. The van der Waals surface area contributed by atoms with Gasteiger partial charge >= 0.3 is 0 Å². The maximum atomic E-state index is 13.1. The van der Waals surface area contributed by atoms with E-state index in [4.69, 9.17) is 0 Å². The molecule has 4 heteroatoms. The number of Topliss-reactive ketones (excluding diaryl/α,β-unsaturated/α-hetero) is 1. The van der Waals surface area contributed by atoms with E-state index in [-0.39, 0.29) is 17.1 Å². The van der Waals surface area contributed by atoms with Crippen LogP contribution in [0.1, 0.15) is 15.9 Å². The van der Waals surface area contributed by atoms with Crippen LogP contribution in [0.2, 0.25) is 0 Å². The molecule has 0 radical (unpaired) electrons. The quantitative estimate of drug-likeness (QED) is 0.633. The maximum Gasteiger partial charge on any atom is 0.189 e. The van der Waals surface area contributed by atoms with Crippen LogP contribution in [0.25, 0.3) is 0 Å². The van der Waals surface area contributed by atoms with E-state index < -0.39 is 15.1 Å². The molecule has 0 aromatic heterocycles. The van der Waals surface area contributed by atoms with E-state index in [0.29, 0.717) is 5.56 Å². The maximum absolute atomic E-state index is 13.1. The Hall–Kier alpha value is -2.72. The molecule has 0 amide bonds. The minimum atomic E-state index is -3.80. The van der Waals surface area contributed by atoms with Gasteiger partial charge < -0.3 is 0 Å². The second-order valence-corrected chi connectivity index (χ2v) is 7.90. The van der Waals surface area contributed by atoms with E-state index in [9.17, 15) is 13.2 Å². The topological polar surface area (TPSA) is 51.2 Å². The highest BCUT2D eigenvalue weighted by Gasteiger charge is 2.34. The van der Waals surface area contributed by atoms with Crippen molar-refractivity contribution in [3.05, 3.63) is 102 Å². The first-order chi connectivity index (χ1) is 12.1. The molecule has 0 bridgehead atoms. The molecule has 0 fully saturated rings. The molecule has 0 saturated heterocycles. The van der Waals surface area contributed by atoms with Gasteiger partial charge in [-0.2, -0.15) is 0 Å². The summed E-state index contributed by atoms with van der Waals surface area (Å²) in [6, 6.07) is 26.0. The monoisotopic (exact) mass is 350 g/mol. The van der Waals surface area contributed by atoms with Gasteiger partial charge in [0.25, 0.3) is 0 Å². The average molecular weight is 350 g/mol. The number of rotatable bonds is 6. The molecule has 25 heavy (non-hydrogen) atoms. The van der Waals surface area contributed by atoms with Gasteiger partial charge in [-0.25, -0.2) is 8.42 Å². The molecule has 0 heterocycles. The van der Waals surface area contributed by atoms with Gasteiger partial charge in [0.1, 0.15) is 5.25 Å². The highest BCUT2D eigenvalue weighted by atomic mass is 32.2. The Kier molecular flexibility index (Phi) is 5.10. The van der Waals surface area contributed by atoms with Crippen molar-refractivity contribution < 1.29 is 13.2 Å². The summed E-state index contributed by atoms with van der Waals surface area (Å²) >= 11 is 0. The minimum Gasteiger partial charge on any atom is -0.293 e. The summed E-state index contributed by atoms with van der Waals surface area (Å²) in [7, 11) is -3.80. The molecule has 0 aliphatic heterocycles. The lowest BCUT2D eigenvalue weighted by Crippen LogP contribution is -2.32. The zero-order valence-electron chi connectivity index (χ0n) is 13.6. The standard InChI is InChI=1S/C21H18O3S/c22-21(18-12-6-2-7-13-18)20(16-17-10-4-1-5-11-17)25(23,24)19-14-8-3-9-15-19/h1-15,20H,16H2. The number of sulfone groups is 1. The second-order valence-electron chi connectivity index (χ2n) is 5.77. The Balaban J connectivity index is 2.04. The van der Waals surface area contributed by atoms with Gasteiger partial charge in [0, 0.05) is 5.56 Å². The summed E-state index contributed by atoms with van der Waals surface area (Å²) in [6.07, 6.45) is 0.145. The smallest absolute Gasteiger partial charge is 0.189 e. The van der Waals surface area contributed by atoms with E-state index in [1.165, 1.54) is 12.1 Å². The fraction of sp³-hybridized carbons (Fsp3) is 0.0952. The molecular weight excluding hydrogens is 332 g/mol. The van der Waals surface area contributed by atoms with Gasteiger partial charge in [-0.1, -0.05) is 78.9 Å². The molecule has 1 atom stereocenters. The van der Waals surface area contributed by atoms with Crippen LogP contribution in [0.3, 0.4) is 0 Å². The van der Waals surface area contributed by atoms with Crippen LogP contribution in [-0.4, -0.2) is 19.5 Å². The fourth-order valence-corrected chi connectivity index (χ4v) is 4.43. The number of carbonyl (C=O) groups excluding carboxylic acids is 1. The number of hydrogen-bond acceptors (Lipinski definition) is 3. The fourth-order valence-electron chi connectivity index (χ4n) is 2.73. The van der Waals surface area contributed by atoms with Gasteiger partial charge in [0.05, 0.1) is 4.90 Å². The predicted molar refractivity (Wildman–Crippen MR) is 98.3 cm³/mol. The Bertz CT molecular complexity index is 934. The largest absolute Gasteiger partial charge is 0.293 e. The summed E-state index contributed by atoms with van der Waals surface area (Å²) < 4.78 is 26.3. The number of carbonyl (C=O) groups is 1. The van der Waals surface area contributed by atoms with Gasteiger partial charge in [-0.05, 0) is 24.1 Å². The second kappa shape index (κ2) is 7.45. The van der Waals surface area contributed by atoms with E-state index in [2.05, 4.69) is 0 Å². The molecule has 3 aromatic rings. The van der Waals surface area contributed by atoms with E-state index >= 15 is 0 Å². The van der Waals surface area contributed by atoms with E-state index in [1.807, 2.05) is 30.3 Å². The predicted octanol–water partition coefficient (Wildman–Crippen LogP) is 3.95. The third-order valence-electron chi connectivity index (χ3n) is 4.06. The average Bonchev–Trinajstić information content (AvgIpc) is 2.67. The van der Waals surface area contributed by atoms with Crippen LogP contribution >= 0.6 is 0 Å². The first kappa shape index (κ1) is 17.1. The molecule has 0 N–H and O–H groups in total. The summed E-state index contributed by atoms with van der Waals surface area (Å²) in [5, 5.41) is -1.15.